The second-order valence-corrected chi connectivity index (χ2v) is 4.41. The van der Waals surface area contributed by atoms with E-state index in [1.165, 1.54) is 12.1 Å². The normalized spacial score (nSPS) is 12.2. The number of primary amides is 1. The molecule has 1 atom stereocenters. The van der Waals surface area contributed by atoms with Crippen LogP contribution in [-0.4, -0.2) is 16.9 Å². The van der Waals surface area contributed by atoms with Crippen LogP contribution in [0.15, 0.2) is 12.1 Å². The van der Waals surface area contributed by atoms with Gasteiger partial charge in [0.25, 0.3) is 5.69 Å². The summed E-state index contributed by atoms with van der Waals surface area (Å²) in [5.74, 6) is -0.535. The van der Waals surface area contributed by atoms with Crippen molar-refractivity contribution in [3.63, 3.8) is 0 Å². The number of nitrogens with two attached hydrogens (primary N) is 1. The molecule has 0 saturated heterocycles. The predicted molar refractivity (Wildman–Crippen MR) is 68.6 cm³/mol. The summed E-state index contributed by atoms with van der Waals surface area (Å²) in [5.41, 5.74) is 5.21. The van der Waals surface area contributed by atoms with Gasteiger partial charge in [0.05, 0.1) is 11.0 Å². The lowest BCUT2D eigenvalue weighted by atomic mass is 10.2. The van der Waals surface area contributed by atoms with Gasteiger partial charge < -0.3 is 11.1 Å². The molecule has 0 radical (unpaired) electrons. The van der Waals surface area contributed by atoms with E-state index < -0.39 is 16.9 Å². The lowest BCUT2D eigenvalue weighted by molar-refractivity contribution is -0.384. The topological polar surface area (TPSA) is 98.3 Å². The highest BCUT2D eigenvalue weighted by molar-refractivity contribution is 6.37. The average molecular weight is 292 g/mol. The molecule has 0 aliphatic rings. The van der Waals surface area contributed by atoms with E-state index in [9.17, 15) is 14.9 Å². The Hall–Kier alpha value is -1.37. The van der Waals surface area contributed by atoms with E-state index in [-0.39, 0.29) is 22.3 Å². The van der Waals surface area contributed by atoms with Gasteiger partial charge in [0, 0.05) is 23.2 Å². The fraction of sp³-hybridized carbons (Fsp3) is 0.300. The largest absolute Gasteiger partial charge is 0.368 e. The number of carbonyl (C=O) groups is 1. The summed E-state index contributed by atoms with van der Waals surface area (Å²) in [5, 5.41) is 13.7. The van der Waals surface area contributed by atoms with Gasteiger partial charge in [-0.25, -0.2) is 0 Å². The van der Waals surface area contributed by atoms with E-state index in [1.807, 2.05) is 0 Å². The van der Waals surface area contributed by atoms with Crippen molar-refractivity contribution in [2.75, 3.05) is 0 Å². The first-order valence-corrected chi connectivity index (χ1v) is 5.74. The van der Waals surface area contributed by atoms with Gasteiger partial charge in [-0.15, -0.1) is 0 Å². The Kier molecular flexibility index (Phi) is 4.89. The number of benzene rings is 1. The van der Waals surface area contributed by atoms with Crippen molar-refractivity contribution >= 4 is 34.8 Å². The maximum absolute atomic E-state index is 10.9. The Labute approximate surface area is 113 Å². The molecule has 0 fully saturated rings. The van der Waals surface area contributed by atoms with Crippen molar-refractivity contribution in [2.24, 2.45) is 5.73 Å². The number of hydrogen-bond acceptors (Lipinski definition) is 4. The van der Waals surface area contributed by atoms with Crippen molar-refractivity contribution < 1.29 is 9.72 Å². The molecule has 18 heavy (non-hydrogen) atoms. The minimum atomic E-state index is -0.598. The lowest BCUT2D eigenvalue weighted by Gasteiger charge is -2.12. The number of nitrogens with zero attached hydrogens (tertiary/aromatic N) is 1. The van der Waals surface area contributed by atoms with E-state index in [1.54, 1.807) is 6.92 Å². The highest BCUT2D eigenvalue weighted by Gasteiger charge is 2.19. The van der Waals surface area contributed by atoms with E-state index in [2.05, 4.69) is 5.32 Å². The zero-order valence-corrected chi connectivity index (χ0v) is 11.0. The van der Waals surface area contributed by atoms with Crippen LogP contribution in [0.5, 0.6) is 0 Å². The summed E-state index contributed by atoms with van der Waals surface area (Å²) in [7, 11) is 0. The lowest BCUT2D eigenvalue weighted by Crippen LogP contribution is -2.38. The van der Waals surface area contributed by atoms with Crippen LogP contribution in [0.2, 0.25) is 10.0 Å². The molecule has 0 aromatic heterocycles. The summed E-state index contributed by atoms with van der Waals surface area (Å²) < 4.78 is 0. The molecule has 1 aromatic rings. The minimum absolute atomic E-state index is 0.0447. The van der Waals surface area contributed by atoms with E-state index in [0.717, 1.165) is 0 Å². The molecule has 8 heteroatoms. The number of nitro benzene ring substituents is 1. The fourth-order valence-electron chi connectivity index (χ4n) is 1.24. The van der Waals surface area contributed by atoms with Gasteiger partial charge in [0.2, 0.25) is 5.91 Å². The third kappa shape index (κ3) is 3.32. The number of halogens is 2. The minimum Gasteiger partial charge on any atom is -0.368 e. The number of nitro groups is 1. The second kappa shape index (κ2) is 5.99. The predicted octanol–water partition coefficient (Wildman–Crippen LogP) is 1.86. The van der Waals surface area contributed by atoms with Crippen LogP contribution in [0.3, 0.4) is 0 Å². The molecule has 3 N–H and O–H groups in total. The Bertz CT molecular complexity index is 494. The summed E-state index contributed by atoms with van der Waals surface area (Å²) >= 11 is 11.8. The van der Waals surface area contributed by atoms with Crippen molar-refractivity contribution in [2.45, 2.75) is 19.5 Å². The van der Waals surface area contributed by atoms with E-state index in [4.69, 9.17) is 28.9 Å². The maximum atomic E-state index is 10.9. The monoisotopic (exact) mass is 291 g/mol. The molecule has 0 spiro atoms. The number of rotatable bonds is 5. The molecule has 98 valence electrons. The molecule has 1 amide bonds. The highest BCUT2D eigenvalue weighted by atomic mass is 35.5. The van der Waals surface area contributed by atoms with Crippen LogP contribution >= 0.6 is 23.2 Å². The van der Waals surface area contributed by atoms with Gasteiger partial charge in [-0.05, 0) is 13.0 Å². The van der Waals surface area contributed by atoms with Crippen molar-refractivity contribution in [3.8, 4) is 0 Å². The third-order valence-electron chi connectivity index (χ3n) is 2.37. The fourth-order valence-corrected chi connectivity index (χ4v) is 1.82. The van der Waals surface area contributed by atoms with Gasteiger partial charge >= 0.3 is 0 Å². The Balaban J connectivity index is 2.98. The summed E-state index contributed by atoms with van der Waals surface area (Å²) in [6, 6.07) is 2.03. The Morgan fingerprint density at radius 3 is 2.67 bits per heavy atom. The highest BCUT2D eigenvalue weighted by Crippen LogP contribution is 2.32. The number of amides is 1. The van der Waals surface area contributed by atoms with Crippen LogP contribution < -0.4 is 11.1 Å². The van der Waals surface area contributed by atoms with Crippen molar-refractivity contribution in [3.05, 3.63) is 37.9 Å². The van der Waals surface area contributed by atoms with Gasteiger partial charge in [-0.3, -0.25) is 14.9 Å². The zero-order valence-electron chi connectivity index (χ0n) is 9.44. The molecule has 0 aliphatic carbocycles. The molecule has 0 unspecified atom stereocenters. The SMILES string of the molecule is C[C@H](NCc1c(Cl)ccc([N+](=O)[O-])c1Cl)C(N)=O. The Morgan fingerprint density at radius 2 is 2.17 bits per heavy atom. The third-order valence-corrected chi connectivity index (χ3v) is 3.15. The first kappa shape index (κ1) is 14.7. The molecular formula is C10H11Cl2N3O3. The molecule has 1 rings (SSSR count). The molecular weight excluding hydrogens is 281 g/mol. The first-order valence-electron chi connectivity index (χ1n) is 4.98. The molecule has 0 saturated carbocycles. The smallest absolute Gasteiger partial charge is 0.288 e. The van der Waals surface area contributed by atoms with Crippen LogP contribution in [-0.2, 0) is 11.3 Å². The van der Waals surface area contributed by atoms with Crippen molar-refractivity contribution in [1.82, 2.24) is 5.32 Å². The van der Waals surface area contributed by atoms with Crippen LogP contribution in [0, 0.1) is 10.1 Å². The van der Waals surface area contributed by atoms with Crippen molar-refractivity contribution in [1.29, 1.82) is 0 Å². The molecule has 6 nitrogen and oxygen atoms in total. The molecule has 0 heterocycles. The molecule has 1 aromatic carbocycles. The van der Waals surface area contributed by atoms with Crippen LogP contribution in [0.25, 0.3) is 0 Å². The quantitative estimate of drug-likeness (QED) is 0.639. The summed E-state index contributed by atoms with van der Waals surface area (Å²) in [4.78, 5) is 21.0. The number of carbonyl (C=O) groups excluding carboxylic acids is 1. The number of nitrogens with one attached hydrogen (secondary N) is 1. The standard InChI is InChI=1S/C10H11Cl2N3O3/c1-5(10(13)16)14-4-6-7(11)2-3-8(9(6)12)15(17)18/h2-3,5,14H,4H2,1H3,(H2,13,16)/t5-/m0/s1. The number of hydrogen-bond donors (Lipinski definition) is 2. The van der Waals surface area contributed by atoms with Gasteiger partial charge in [0.15, 0.2) is 0 Å². The second-order valence-electron chi connectivity index (χ2n) is 3.62. The zero-order chi connectivity index (χ0) is 13.9. The van der Waals surface area contributed by atoms with Gasteiger partial charge in [0.1, 0.15) is 5.02 Å². The maximum Gasteiger partial charge on any atom is 0.288 e. The first-order chi connectivity index (χ1) is 8.34. The molecule has 0 aliphatic heterocycles. The van der Waals surface area contributed by atoms with Gasteiger partial charge in [-0.2, -0.15) is 0 Å². The van der Waals surface area contributed by atoms with Crippen LogP contribution in [0.1, 0.15) is 12.5 Å². The summed E-state index contributed by atoms with van der Waals surface area (Å²) in [6.07, 6.45) is 0. The van der Waals surface area contributed by atoms with E-state index >= 15 is 0 Å². The average Bonchev–Trinajstić information content (AvgIpc) is 2.27. The van der Waals surface area contributed by atoms with E-state index in [0.29, 0.717) is 5.56 Å². The Morgan fingerprint density at radius 1 is 1.56 bits per heavy atom. The summed E-state index contributed by atoms with van der Waals surface area (Å²) in [6.45, 7) is 1.69. The molecule has 0 bridgehead atoms. The van der Waals surface area contributed by atoms with Crippen LogP contribution in [0.4, 0.5) is 5.69 Å². The van der Waals surface area contributed by atoms with Gasteiger partial charge in [-0.1, -0.05) is 23.2 Å².